The Labute approximate surface area is 122 Å². The van der Waals surface area contributed by atoms with Crippen LogP contribution in [-0.4, -0.2) is 27.2 Å². The maximum atomic E-state index is 12.0. The van der Waals surface area contributed by atoms with Crippen molar-refractivity contribution in [2.24, 2.45) is 0 Å². The second kappa shape index (κ2) is 5.78. The van der Waals surface area contributed by atoms with Crippen molar-refractivity contribution >= 4 is 11.9 Å². The first kappa shape index (κ1) is 14.8. The number of nitrogens with one attached hydrogen (secondary N) is 2. The molecule has 6 nitrogen and oxygen atoms in total. The predicted molar refractivity (Wildman–Crippen MR) is 77.1 cm³/mol. The zero-order chi connectivity index (χ0) is 15.6. The number of hydrogen-bond donors (Lipinski definition) is 3. The fourth-order valence-electron chi connectivity index (χ4n) is 1.97. The first-order valence-corrected chi connectivity index (χ1v) is 6.51. The third-order valence-corrected chi connectivity index (χ3v) is 3.33. The van der Waals surface area contributed by atoms with Crippen LogP contribution in [0, 0.1) is 20.8 Å². The molecule has 0 aliphatic carbocycles. The highest BCUT2D eigenvalue weighted by molar-refractivity contribution is 5.95. The smallest absolute Gasteiger partial charge is 0.330 e. The van der Waals surface area contributed by atoms with Crippen molar-refractivity contribution in [1.82, 2.24) is 15.5 Å². The molecule has 1 unspecified atom stereocenters. The monoisotopic (exact) mass is 287 g/mol. The molecule has 1 atom stereocenters. The number of hydrogen-bond acceptors (Lipinski definition) is 3. The van der Waals surface area contributed by atoms with Crippen LogP contribution in [0.15, 0.2) is 24.3 Å². The molecule has 2 rings (SSSR count). The number of amides is 1. The van der Waals surface area contributed by atoms with Crippen LogP contribution < -0.4 is 5.32 Å². The van der Waals surface area contributed by atoms with Crippen molar-refractivity contribution in [1.29, 1.82) is 0 Å². The Morgan fingerprint density at radius 1 is 1.19 bits per heavy atom. The molecule has 0 fully saturated rings. The Hall–Kier alpha value is -2.63. The number of benzene rings is 1. The zero-order valence-electron chi connectivity index (χ0n) is 12.1. The number of aryl methyl sites for hydroxylation is 3. The molecule has 0 saturated carbocycles. The van der Waals surface area contributed by atoms with Gasteiger partial charge in [0.15, 0.2) is 6.04 Å². The maximum absolute atomic E-state index is 12.0. The average Bonchev–Trinajstić information content (AvgIpc) is 2.85. The molecule has 1 aromatic carbocycles. The number of H-pyrrole nitrogens is 1. The van der Waals surface area contributed by atoms with E-state index in [1.165, 1.54) is 0 Å². The van der Waals surface area contributed by atoms with E-state index in [2.05, 4.69) is 15.5 Å². The minimum absolute atomic E-state index is 0.169. The molecule has 110 valence electrons. The quantitative estimate of drug-likeness (QED) is 0.800. The van der Waals surface area contributed by atoms with Gasteiger partial charge >= 0.3 is 5.97 Å². The standard InChI is InChI=1S/C15H17N3O3/c1-8-4-5-11(6-9(8)2)13(15(20)21)16-14(19)12-7-10(3)17-18-12/h4-7,13H,1-3H3,(H,16,19)(H,17,18)(H,20,21). The highest BCUT2D eigenvalue weighted by Crippen LogP contribution is 2.18. The Balaban J connectivity index is 2.25. The summed E-state index contributed by atoms with van der Waals surface area (Å²) in [6.07, 6.45) is 0. The minimum Gasteiger partial charge on any atom is -0.479 e. The van der Waals surface area contributed by atoms with Gasteiger partial charge in [0.1, 0.15) is 5.69 Å². The van der Waals surface area contributed by atoms with E-state index in [1.807, 2.05) is 19.9 Å². The molecule has 0 spiro atoms. The fourth-order valence-corrected chi connectivity index (χ4v) is 1.97. The number of rotatable bonds is 4. The first-order chi connectivity index (χ1) is 9.88. The second-order valence-electron chi connectivity index (χ2n) is 5.02. The molecular weight excluding hydrogens is 270 g/mol. The van der Waals surface area contributed by atoms with Gasteiger partial charge in [0.05, 0.1) is 0 Å². The Kier molecular flexibility index (Phi) is 4.07. The van der Waals surface area contributed by atoms with Gasteiger partial charge < -0.3 is 10.4 Å². The molecule has 1 heterocycles. The Bertz CT molecular complexity index is 691. The topological polar surface area (TPSA) is 95.1 Å². The lowest BCUT2D eigenvalue weighted by molar-refractivity contribution is -0.139. The summed E-state index contributed by atoms with van der Waals surface area (Å²) in [6, 6.07) is 5.77. The van der Waals surface area contributed by atoms with Gasteiger partial charge in [-0.05, 0) is 43.5 Å². The maximum Gasteiger partial charge on any atom is 0.330 e. The molecule has 0 aliphatic rings. The lowest BCUT2D eigenvalue weighted by atomic mass is 10.0. The summed E-state index contributed by atoms with van der Waals surface area (Å²) in [7, 11) is 0. The van der Waals surface area contributed by atoms with Gasteiger partial charge in [-0.3, -0.25) is 9.89 Å². The number of carbonyl (C=O) groups is 2. The van der Waals surface area contributed by atoms with E-state index in [-0.39, 0.29) is 5.69 Å². The van der Waals surface area contributed by atoms with Crippen molar-refractivity contribution in [2.75, 3.05) is 0 Å². The molecule has 2 aromatic rings. The highest BCUT2D eigenvalue weighted by Gasteiger charge is 2.24. The zero-order valence-corrected chi connectivity index (χ0v) is 12.1. The highest BCUT2D eigenvalue weighted by atomic mass is 16.4. The lowest BCUT2D eigenvalue weighted by Gasteiger charge is -2.15. The predicted octanol–water partition coefficient (Wildman–Crippen LogP) is 1.89. The van der Waals surface area contributed by atoms with Gasteiger partial charge in [0.2, 0.25) is 0 Å². The van der Waals surface area contributed by atoms with Crippen molar-refractivity contribution < 1.29 is 14.7 Å². The number of carboxylic acid groups (broad SMARTS) is 1. The minimum atomic E-state index is -1.11. The molecule has 6 heteroatoms. The molecule has 3 N–H and O–H groups in total. The average molecular weight is 287 g/mol. The fraction of sp³-hybridized carbons (Fsp3) is 0.267. The number of carboxylic acids is 1. The number of aromatic amines is 1. The molecular formula is C15H17N3O3. The van der Waals surface area contributed by atoms with Crippen LogP contribution in [0.2, 0.25) is 0 Å². The van der Waals surface area contributed by atoms with Crippen molar-refractivity contribution in [3.8, 4) is 0 Å². The van der Waals surface area contributed by atoms with Gasteiger partial charge in [0.25, 0.3) is 5.91 Å². The lowest BCUT2D eigenvalue weighted by Crippen LogP contribution is -2.34. The van der Waals surface area contributed by atoms with E-state index < -0.39 is 17.9 Å². The van der Waals surface area contributed by atoms with E-state index >= 15 is 0 Å². The summed E-state index contributed by atoms with van der Waals surface area (Å²) < 4.78 is 0. The Morgan fingerprint density at radius 3 is 2.43 bits per heavy atom. The molecule has 1 amide bonds. The van der Waals surface area contributed by atoms with Crippen molar-refractivity contribution in [3.63, 3.8) is 0 Å². The number of aromatic nitrogens is 2. The van der Waals surface area contributed by atoms with Crippen molar-refractivity contribution in [3.05, 3.63) is 52.3 Å². The van der Waals surface area contributed by atoms with E-state index in [0.717, 1.165) is 16.8 Å². The molecule has 0 aliphatic heterocycles. The first-order valence-electron chi connectivity index (χ1n) is 6.51. The normalized spacial score (nSPS) is 12.0. The largest absolute Gasteiger partial charge is 0.479 e. The van der Waals surface area contributed by atoms with Crippen LogP contribution >= 0.6 is 0 Å². The van der Waals surface area contributed by atoms with Crippen LogP contribution in [0.3, 0.4) is 0 Å². The van der Waals surface area contributed by atoms with E-state index in [1.54, 1.807) is 25.1 Å². The number of nitrogens with zero attached hydrogens (tertiary/aromatic N) is 1. The number of carbonyl (C=O) groups excluding carboxylic acids is 1. The van der Waals surface area contributed by atoms with Gasteiger partial charge in [-0.1, -0.05) is 18.2 Å². The van der Waals surface area contributed by atoms with Gasteiger partial charge in [0, 0.05) is 5.69 Å². The summed E-state index contributed by atoms with van der Waals surface area (Å²) in [4.78, 5) is 23.5. The SMILES string of the molecule is Cc1cc(C(=O)NC(C(=O)O)c2ccc(C)c(C)c2)n[nH]1. The van der Waals surface area contributed by atoms with Crippen LogP contribution in [0.25, 0.3) is 0 Å². The van der Waals surface area contributed by atoms with E-state index in [0.29, 0.717) is 5.56 Å². The van der Waals surface area contributed by atoms with Crippen LogP contribution in [0.1, 0.15) is 38.9 Å². The molecule has 0 radical (unpaired) electrons. The summed E-state index contributed by atoms with van der Waals surface area (Å²) in [5.74, 6) is -1.64. The van der Waals surface area contributed by atoms with Crippen LogP contribution in [-0.2, 0) is 4.79 Å². The molecule has 0 bridgehead atoms. The third-order valence-electron chi connectivity index (χ3n) is 3.33. The summed E-state index contributed by atoms with van der Waals surface area (Å²) in [5, 5.41) is 18.3. The van der Waals surface area contributed by atoms with Crippen LogP contribution in [0.5, 0.6) is 0 Å². The van der Waals surface area contributed by atoms with E-state index in [4.69, 9.17) is 0 Å². The van der Waals surface area contributed by atoms with Crippen LogP contribution in [0.4, 0.5) is 0 Å². The third kappa shape index (κ3) is 3.28. The summed E-state index contributed by atoms with van der Waals surface area (Å²) >= 11 is 0. The molecule has 21 heavy (non-hydrogen) atoms. The summed E-state index contributed by atoms with van der Waals surface area (Å²) in [6.45, 7) is 5.61. The molecule has 0 saturated heterocycles. The van der Waals surface area contributed by atoms with Crippen molar-refractivity contribution in [2.45, 2.75) is 26.8 Å². The second-order valence-corrected chi connectivity index (χ2v) is 5.02. The molecule has 1 aromatic heterocycles. The number of aliphatic carboxylic acids is 1. The summed E-state index contributed by atoms with van der Waals surface area (Å²) in [5.41, 5.74) is 3.48. The van der Waals surface area contributed by atoms with Gasteiger partial charge in [-0.2, -0.15) is 5.10 Å². The van der Waals surface area contributed by atoms with E-state index in [9.17, 15) is 14.7 Å². The van der Waals surface area contributed by atoms with Gasteiger partial charge in [-0.25, -0.2) is 4.79 Å². The Morgan fingerprint density at radius 2 is 1.90 bits per heavy atom. The van der Waals surface area contributed by atoms with Gasteiger partial charge in [-0.15, -0.1) is 0 Å².